The van der Waals surface area contributed by atoms with Crippen LogP contribution in [-0.4, -0.2) is 40.0 Å². The first-order valence-electron chi connectivity index (χ1n) is 6.77. The van der Waals surface area contributed by atoms with E-state index in [0.29, 0.717) is 7.92 Å². The van der Waals surface area contributed by atoms with Gasteiger partial charge in [-0.2, -0.15) is 0 Å². The van der Waals surface area contributed by atoms with Crippen molar-refractivity contribution in [2.24, 2.45) is 0 Å². The highest BCUT2D eigenvalue weighted by atomic mass is 35.5. The highest BCUT2D eigenvalue weighted by Crippen LogP contribution is 2.28. The van der Waals surface area contributed by atoms with Gasteiger partial charge in [0.15, 0.2) is 5.79 Å². The maximum Gasteiger partial charge on any atom is 0.167 e. The summed E-state index contributed by atoms with van der Waals surface area (Å²) in [6.45, 7) is 6.69. The van der Waals surface area contributed by atoms with Crippen LogP contribution in [0.1, 0.15) is 51.4 Å². The molecule has 0 amide bonds. The predicted molar refractivity (Wildman–Crippen MR) is 85.6 cm³/mol. The Bertz CT molecular complexity index is 158. The van der Waals surface area contributed by atoms with Crippen molar-refractivity contribution in [1.29, 1.82) is 0 Å². The second-order valence-corrected chi connectivity index (χ2v) is 7.97. The van der Waals surface area contributed by atoms with Crippen molar-refractivity contribution in [2.45, 2.75) is 57.2 Å². The van der Waals surface area contributed by atoms with E-state index in [1.807, 2.05) is 0 Å². The molecule has 4 heteroatoms. The van der Waals surface area contributed by atoms with Gasteiger partial charge < -0.3 is 9.47 Å². The minimum absolute atomic E-state index is 0. The Hall–Kier alpha value is 0.640. The summed E-state index contributed by atoms with van der Waals surface area (Å²) in [6.07, 6.45) is 10.00. The summed E-state index contributed by atoms with van der Waals surface area (Å²) >= 11 is 0. The van der Waals surface area contributed by atoms with Crippen LogP contribution in [0.15, 0.2) is 0 Å². The lowest BCUT2D eigenvalue weighted by atomic mass is 10.0. The lowest BCUT2D eigenvalue weighted by Gasteiger charge is -2.30. The van der Waals surface area contributed by atoms with E-state index in [9.17, 15) is 0 Å². The molecule has 0 N–H and O–H groups in total. The fourth-order valence-electron chi connectivity index (χ4n) is 2.11. The van der Waals surface area contributed by atoms with Gasteiger partial charge in [0.2, 0.25) is 0 Å². The quantitative estimate of drug-likeness (QED) is 0.534. The van der Waals surface area contributed by atoms with Crippen LogP contribution in [0, 0.1) is 0 Å². The Labute approximate surface area is 121 Å². The fourth-order valence-corrected chi connectivity index (χ4v) is 2.11. The van der Waals surface area contributed by atoms with Gasteiger partial charge in [0.1, 0.15) is 0 Å². The molecule has 18 heavy (non-hydrogen) atoms. The van der Waals surface area contributed by atoms with Crippen LogP contribution in [0.25, 0.3) is 0 Å². The molecule has 0 unspecified atom stereocenters. The van der Waals surface area contributed by atoms with Crippen LogP contribution in [0.2, 0.25) is 0 Å². The van der Waals surface area contributed by atoms with Crippen LogP contribution >= 0.6 is 20.3 Å². The van der Waals surface area contributed by atoms with E-state index in [0.717, 1.165) is 12.8 Å². The zero-order valence-corrected chi connectivity index (χ0v) is 14.5. The van der Waals surface area contributed by atoms with Gasteiger partial charge in [-0.3, -0.25) is 0 Å². The molecule has 0 atom stereocenters. The van der Waals surface area contributed by atoms with E-state index < -0.39 is 0 Å². The topological polar surface area (TPSA) is 18.5 Å². The van der Waals surface area contributed by atoms with Gasteiger partial charge in [0.05, 0.1) is 0 Å². The van der Waals surface area contributed by atoms with Crippen molar-refractivity contribution in [3.63, 3.8) is 0 Å². The maximum absolute atomic E-state index is 5.50. The van der Waals surface area contributed by atoms with Gasteiger partial charge in [-0.05, 0) is 32.8 Å². The summed E-state index contributed by atoms with van der Waals surface area (Å²) < 4.78 is 11.0. The monoisotopic (exact) mass is 298 g/mol. The molecule has 0 aromatic carbocycles. The Morgan fingerprint density at radius 1 is 0.722 bits per heavy atom. The molecule has 112 valence electrons. The van der Waals surface area contributed by atoms with E-state index in [4.69, 9.17) is 9.47 Å². The molecule has 2 nitrogen and oxygen atoms in total. The molecule has 0 radical (unpaired) electrons. The van der Waals surface area contributed by atoms with Crippen LogP contribution in [0.5, 0.6) is 0 Å². The summed E-state index contributed by atoms with van der Waals surface area (Å²) in [5.41, 5.74) is 0. The third-order valence-corrected chi connectivity index (χ3v) is 3.11. The van der Waals surface area contributed by atoms with Crippen molar-refractivity contribution in [3.8, 4) is 0 Å². The highest BCUT2D eigenvalue weighted by molar-refractivity contribution is 7.55. The Morgan fingerprint density at radius 3 is 1.28 bits per heavy atom. The van der Waals surface area contributed by atoms with E-state index in [1.165, 1.54) is 38.5 Å². The van der Waals surface area contributed by atoms with Crippen LogP contribution in [0.3, 0.4) is 0 Å². The molecule has 0 spiro atoms. The minimum atomic E-state index is -0.273. The molecule has 0 saturated heterocycles. The number of hydrogen-bond acceptors (Lipinski definition) is 2. The fraction of sp³-hybridized carbons (Fsp3) is 1.00. The Balaban J connectivity index is 0. The Kier molecular flexibility index (Phi) is 14.7. The molecular weight excluding hydrogens is 267 g/mol. The summed E-state index contributed by atoms with van der Waals surface area (Å²) in [4.78, 5) is 0. The number of ether oxygens (including phenoxy) is 2. The summed E-state index contributed by atoms with van der Waals surface area (Å²) in [6, 6.07) is 0. The largest absolute Gasteiger partial charge is 0.353 e. The van der Waals surface area contributed by atoms with Crippen molar-refractivity contribution >= 4 is 20.3 Å². The highest BCUT2D eigenvalue weighted by Gasteiger charge is 2.28. The second kappa shape index (κ2) is 12.7. The average Bonchev–Trinajstić information content (AvgIpc) is 2.40. The van der Waals surface area contributed by atoms with E-state index >= 15 is 0 Å². The summed E-state index contributed by atoms with van der Waals surface area (Å²) in [5, 5.41) is 0. The second-order valence-electron chi connectivity index (χ2n) is 5.28. The van der Waals surface area contributed by atoms with Gasteiger partial charge in [0.25, 0.3) is 0 Å². The van der Waals surface area contributed by atoms with Gasteiger partial charge in [-0.1, -0.05) is 25.7 Å². The number of hydrogen-bond donors (Lipinski definition) is 0. The first kappa shape index (κ1) is 20.9. The van der Waals surface area contributed by atoms with E-state index in [1.54, 1.807) is 14.2 Å². The summed E-state index contributed by atoms with van der Waals surface area (Å²) in [5.74, 6) is -0.273. The smallest absolute Gasteiger partial charge is 0.167 e. The van der Waals surface area contributed by atoms with Crippen molar-refractivity contribution in [1.82, 2.24) is 0 Å². The number of halogens is 1. The first-order chi connectivity index (χ1) is 8.06. The molecule has 0 heterocycles. The maximum atomic E-state index is 5.50. The lowest BCUT2D eigenvalue weighted by molar-refractivity contribution is -0.215. The lowest BCUT2D eigenvalue weighted by Crippen LogP contribution is -2.33. The molecule has 1 rings (SSSR count). The zero-order chi connectivity index (χ0) is 13.1. The van der Waals surface area contributed by atoms with Crippen molar-refractivity contribution < 1.29 is 9.47 Å². The van der Waals surface area contributed by atoms with Gasteiger partial charge >= 0.3 is 0 Å². The molecule has 0 aromatic rings. The molecule has 1 saturated carbocycles. The SMILES string of the molecule is COC1(OC)CCCCCCCC1.CP(C)C.Cl. The molecule has 1 aliphatic carbocycles. The van der Waals surface area contributed by atoms with Crippen LogP contribution < -0.4 is 0 Å². The zero-order valence-electron chi connectivity index (χ0n) is 12.8. The normalized spacial score (nSPS) is 19.7. The molecule has 0 aromatic heterocycles. The predicted octanol–water partition coefficient (Wildman–Crippen LogP) is 4.89. The number of rotatable bonds is 2. The molecule has 1 aliphatic rings. The minimum Gasteiger partial charge on any atom is -0.353 e. The standard InChI is InChI=1S/C11H22O2.C3H9P.ClH/c1-12-11(13-2)9-7-5-3-4-6-8-10-11;1-4(2)3;/h3-10H2,1-2H3;1-3H3;1H. The molecular formula is C14H32ClO2P. The summed E-state index contributed by atoms with van der Waals surface area (Å²) in [7, 11) is 3.91. The van der Waals surface area contributed by atoms with E-state index in [2.05, 4.69) is 20.0 Å². The van der Waals surface area contributed by atoms with Gasteiger partial charge in [-0.15, -0.1) is 20.3 Å². The van der Waals surface area contributed by atoms with Gasteiger partial charge in [0, 0.05) is 27.1 Å². The molecule has 0 bridgehead atoms. The van der Waals surface area contributed by atoms with Crippen LogP contribution in [0.4, 0.5) is 0 Å². The Morgan fingerprint density at radius 2 is 1.00 bits per heavy atom. The third-order valence-electron chi connectivity index (χ3n) is 3.11. The van der Waals surface area contributed by atoms with Crippen LogP contribution in [-0.2, 0) is 9.47 Å². The number of methoxy groups -OCH3 is 2. The molecule has 0 aliphatic heterocycles. The van der Waals surface area contributed by atoms with E-state index in [-0.39, 0.29) is 18.2 Å². The van der Waals surface area contributed by atoms with Crippen molar-refractivity contribution in [2.75, 3.05) is 34.2 Å². The van der Waals surface area contributed by atoms with Crippen molar-refractivity contribution in [3.05, 3.63) is 0 Å². The first-order valence-corrected chi connectivity index (χ1v) is 9.46. The average molecular weight is 299 g/mol. The third kappa shape index (κ3) is 10.6. The van der Waals surface area contributed by atoms with Gasteiger partial charge in [-0.25, -0.2) is 0 Å². The molecule has 1 fully saturated rings.